The number of para-hydroxylation sites is 1. The number of ether oxygens (including phenoxy) is 1. The monoisotopic (exact) mass is 343 g/mol. The van der Waals surface area contributed by atoms with E-state index >= 15 is 0 Å². The molecule has 1 amide bonds. The van der Waals surface area contributed by atoms with Crippen LogP contribution in [0.3, 0.4) is 0 Å². The number of carbonyl (C=O) groups is 1. The van der Waals surface area contributed by atoms with Crippen LogP contribution in [-0.2, 0) is 0 Å². The number of amides is 1. The summed E-state index contributed by atoms with van der Waals surface area (Å²) >= 11 is 6.03. The molecule has 0 spiro atoms. The third-order valence-corrected chi connectivity index (χ3v) is 3.89. The minimum absolute atomic E-state index is 0.0693. The highest BCUT2D eigenvalue weighted by Gasteiger charge is 2.16. The number of fused-ring (bicyclic) bond motifs is 1. The van der Waals surface area contributed by atoms with E-state index in [1.54, 1.807) is 30.5 Å². The average Bonchev–Trinajstić information content (AvgIpc) is 2.56. The molecule has 3 aromatic rings. The van der Waals surface area contributed by atoms with Crippen molar-refractivity contribution in [1.82, 2.24) is 9.38 Å². The predicted octanol–water partition coefficient (Wildman–Crippen LogP) is 2.92. The van der Waals surface area contributed by atoms with Crippen molar-refractivity contribution in [2.75, 3.05) is 12.4 Å². The molecule has 0 aliphatic carbocycles. The summed E-state index contributed by atoms with van der Waals surface area (Å²) in [5.41, 5.74) is 1.23. The molecule has 0 unspecified atom stereocenters. The number of halogens is 1. The molecule has 2 aromatic heterocycles. The number of rotatable bonds is 3. The molecule has 3 rings (SSSR count). The van der Waals surface area contributed by atoms with Crippen LogP contribution in [0, 0.1) is 6.92 Å². The molecule has 0 atom stereocenters. The van der Waals surface area contributed by atoms with Gasteiger partial charge in [-0.3, -0.25) is 14.0 Å². The zero-order valence-electron chi connectivity index (χ0n) is 13.0. The lowest BCUT2D eigenvalue weighted by Crippen LogP contribution is -2.27. The van der Waals surface area contributed by atoms with Crippen molar-refractivity contribution in [3.63, 3.8) is 0 Å². The Labute approximate surface area is 142 Å². The summed E-state index contributed by atoms with van der Waals surface area (Å²) in [5, 5.41) is 3.00. The largest absolute Gasteiger partial charge is 0.493 e. The third kappa shape index (κ3) is 2.72. The quantitative estimate of drug-likeness (QED) is 0.793. The lowest BCUT2D eigenvalue weighted by atomic mass is 10.2. The highest BCUT2D eigenvalue weighted by molar-refractivity contribution is 6.32. The van der Waals surface area contributed by atoms with E-state index in [1.807, 2.05) is 13.0 Å². The van der Waals surface area contributed by atoms with E-state index in [0.29, 0.717) is 22.1 Å². The van der Waals surface area contributed by atoms with E-state index in [9.17, 15) is 9.59 Å². The minimum atomic E-state index is -0.580. The third-order valence-electron chi connectivity index (χ3n) is 3.59. The number of methoxy groups -OCH3 is 1. The first-order valence-corrected chi connectivity index (χ1v) is 7.51. The fourth-order valence-electron chi connectivity index (χ4n) is 2.41. The van der Waals surface area contributed by atoms with Crippen molar-refractivity contribution in [3.05, 3.63) is 69.2 Å². The first-order chi connectivity index (χ1) is 11.5. The summed E-state index contributed by atoms with van der Waals surface area (Å²) in [6, 6.07) is 8.53. The van der Waals surface area contributed by atoms with Gasteiger partial charge in [0.05, 0.1) is 17.8 Å². The van der Waals surface area contributed by atoms with Crippen molar-refractivity contribution in [3.8, 4) is 5.75 Å². The molecule has 122 valence electrons. The van der Waals surface area contributed by atoms with Crippen LogP contribution in [0.25, 0.3) is 5.65 Å². The van der Waals surface area contributed by atoms with E-state index in [4.69, 9.17) is 16.3 Å². The second-order valence-electron chi connectivity index (χ2n) is 5.14. The summed E-state index contributed by atoms with van der Waals surface area (Å²) in [6.45, 7) is 1.85. The molecule has 1 N–H and O–H groups in total. The Bertz CT molecular complexity index is 998. The van der Waals surface area contributed by atoms with E-state index in [2.05, 4.69) is 10.3 Å². The van der Waals surface area contributed by atoms with Gasteiger partial charge in [-0.1, -0.05) is 23.7 Å². The average molecular weight is 344 g/mol. The highest BCUT2D eigenvalue weighted by atomic mass is 35.5. The molecule has 7 heteroatoms. The molecule has 2 heterocycles. The molecule has 0 saturated carbocycles. The van der Waals surface area contributed by atoms with Gasteiger partial charge < -0.3 is 10.1 Å². The number of nitrogens with one attached hydrogen (secondary N) is 1. The molecule has 0 bridgehead atoms. The fourth-order valence-corrected chi connectivity index (χ4v) is 2.66. The SMILES string of the molecule is COc1c(Cl)cccc1NC(=O)c1cnc2c(C)cccn2c1=O. The van der Waals surface area contributed by atoms with Crippen LogP contribution in [0.2, 0.25) is 5.02 Å². The summed E-state index contributed by atoms with van der Waals surface area (Å²) < 4.78 is 6.53. The number of anilines is 1. The van der Waals surface area contributed by atoms with E-state index in [0.717, 1.165) is 5.56 Å². The molecule has 0 radical (unpaired) electrons. The lowest BCUT2D eigenvalue weighted by molar-refractivity contribution is 0.102. The van der Waals surface area contributed by atoms with Gasteiger partial charge in [0.2, 0.25) is 0 Å². The maximum Gasteiger partial charge on any atom is 0.270 e. The van der Waals surface area contributed by atoms with Gasteiger partial charge in [-0.05, 0) is 30.7 Å². The Hall–Kier alpha value is -2.86. The molecule has 1 aromatic carbocycles. The summed E-state index contributed by atoms with van der Waals surface area (Å²) in [5.74, 6) is -0.249. The number of carbonyl (C=O) groups excluding carboxylic acids is 1. The van der Waals surface area contributed by atoms with Crippen LogP contribution in [0.5, 0.6) is 5.75 Å². The van der Waals surface area contributed by atoms with Gasteiger partial charge >= 0.3 is 0 Å². The zero-order valence-corrected chi connectivity index (χ0v) is 13.8. The summed E-state index contributed by atoms with van der Waals surface area (Å²) in [4.78, 5) is 29.2. The second-order valence-corrected chi connectivity index (χ2v) is 5.54. The maximum absolute atomic E-state index is 12.5. The number of hydrogen-bond acceptors (Lipinski definition) is 4. The van der Waals surface area contributed by atoms with Crippen LogP contribution in [0.1, 0.15) is 15.9 Å². The molecule has 24 heavy (non-hydrogen) atoms. The van der Waals surface area contributed by atoms with Crippen molar-refractivity contribution in [2.24, 2.45) is 0 Å². The van der Waals surface area contributed by atoms with Gasteiger partial charge in [0.1, 0.15) is 11.2 Å². The Morgan fingerprint density at radius 3 is 2.83 bits per heavy atom. The Kier molecular flexibility index (Phi) is 4.22. The van der Waals surface area contributed by atoms with Gasteiger partial charge in [0.25, 0.3) is 11.5 Å². The number of aromatic nitrogens is 2. The molecule has 0 saturated heterocycles. The fraction of sp³-hybridized carbons (Fsp3) is 0.118. The molecule has 0 aliphatic heterocycles. The Balaban J connectivity index is 2.03. The molecule has 6 nitrogen and oxygen atoms in total. The Morgan fingerprint density at radius 1 is 1.29 bits per heavy atom. The van der Waals surface area contributed by atoms with Crippen LogP contribution in [0.4, 0.5) is 5.69 Å². The maximum atomic E-state index is 12.5. The van der Waals surface area contributed by atoms with Gasteiger partial charge in [-0.2, -0.15) is 0 Å². The summed E-state index contributed by atoms with van der Waals surface area (Å²) in [7, 11) is 1.45. The van der Waals surface area contributed by atoms with Gasteiger partial charge in [-0.25, -0.2) is 4.98 Å². The van der Waals surface area contributed by atoms with E-state index in [1.165, 1.54) is 17.7 Å². The van der Waals surface area contributed by atoms with Crippen LogP contribution in [0.15, 0.2) is 47.5 Å². The van der Waals surface area contributed by atoms with Crippen LogP contribution in [-0.4, -0.2) is 22.4 Å². The van der Waals surface area contributed by atoms with Crippen molar-refractivity contribution >= 4 is 28.8 Å². The van der Waals surface area contributed by atoms with Crippen molar-refractivity contribution < 1.29 is 9.53 Å². The first kappa shape index (κ1) is 16.0. The number of aryl methyl sites for hydroxylation is 1. The van der Waals surface area contributed by atoms with Gasteiger partial charge in [0.15, 0.2) is 5.75 Å². The van der Waals surface area contributed by atoms with E-state index in [-0.39, 0.29) is 5.56 Å². The standard InChI is InChI=1S/C17H14ClN3O3/c1-10-5-4-8-21-15(10)19-9-11(17(21)23)16(22)20-13-7-3-6-12(18)14(13)24-2/h3-9H,1-2H3,(H,20,22). The predicted molar refractivity (Wildman–Crippen MR) is 92.2 cm³/mol. The minimum Gasteiger partial charge on any atom is -0.493 e. The van der Waals surface area contributed by atoms with Crippen LogP contribution < -0.4 is 15.6 Å². The normalized spacial score (nSPS) is 10.6. The lowest BCUT2D eigenvalue weighted by Gasteiger charge is -2.11. The number of pyridine rings is 1. The van der Waals surface area contributed by atoms with Crippen LogP contribution >= 0.6 is 11.6 Å². The smallest absolute Gasteiger partial charge is 0.270 e. The second kappa shape index (κ2) is 6.33. The van der Waals surface area contributed by atoms with Gasteiger partial charge in [-0.15, -0.1) is 0 Å². The number of benzene rings is 1. The van der Waals surface area contributed by atoms with Gasteiger partial charge in [0, 0.05) is 12.4 Å². The molecular weight excluding hydrogens is 330 g/mol. The summed E-state index contributed by atoms with van der Waals surface area (Å²) in [6.07, 6.45) is 2.85. The van der Waals surface area contributed by atoms with Crippen molar-refractivity contribution in [1.29, 1.82) is 0 Å². The molecular formula is C17H14ClN3O3. The highest BCUT2D eigenvalue weighted by Crippen LogP contribution is 2.32. The Morgan fingerprint density at radius 2 is 2.08 bits per heavy atom. The van der Waals surface area contributed by atoms with E-state index < -0.39 is 11.5 Å². The number of nitrogens with zero attached hydrogens (tertiary/aromatic N) is 2. The number of hydrogen-bond donors (Lipinski definition) is 1. The molecule has 0 fully saturated rings. The molecule has 0 aliphatic rings. The van der Waals surface area contributed by atoms with Crippen molar-refractivity contribution in [2.45, 2.75) is 6.92 Å². The topological polar surface area (TPSA) is 72.7 Å². The zero-order chi connectivity index (χ0) is 17.3. The first-order valence-electron chi connectivity index (χ1n) is 7.13.